The molecule has 0 aliphatic carbocycles. The van der Waals surface area contributed by atoms with Crippen LogP contribution in [0.3, 0.4) is 0 Å². The number of carbonyl (C=O) groups is 1. The molecular weight excluding hydrogens is 394 g/mol. The van der Waals surface area contributed by atoms with Crippen LogP contribution in [0.25, 0.3) is 0 Å². The first kappa shape index (κ1) is 20.3. The van der Waals surface area contributed by atoms with E-state index in [0.29, 0.717) is 26.2 Å². The van der Waals surface area contributed by atoms with Crippen LogP contribution >= 0.6 is 11.8 Å². The second-order valence-corrected chi connectivity index (χ2v) is 7.08. The second-order valence-electron chi connectivity index (χ2n) is 6.24. The molecule has 3 rings (SSSR count). The van der Waals surface area contributed by atoms with Gasteiger partial charge in [-0.05, 0) is 30.5 Å². The summed E-state index contributed by atoms with van der Waals surface area (Å²) in [6, 6.07) is 9.75. The van der Waals surface area contributed by atoms with Crippen LogP contribution in [0.1, 0.15) is 5.56 Å². The third-order valence-electron chi connectivity index (χ3n) is 4.54. The monoisotopic (exact) mass is 413 g/mol. The molecule has 0 atom stereocenters. The molecule has 2 amide bonds. The minimum Gasteiger partial charge on any atom is -0.367 e. The number of para-hydroxylation sites is 2. The highest BCUT2D eigenvalue weighted by Crippen LogP contribution is 2.36. The van der Waals surface area contributed by atoms with Gasteiger partial charge in [0.05, 0.1) is 16.9 Å². The van der Waals surface area contributed by atoms with Crippen LogP contribution in [-0.4, -0.2) is 43.4 Å². The van der Waals surface area contributed by atoms with Crippen molar-refractivity contribution in [3.63, 3.8) is 0 Å². The zero-order chi connectivity index (χ0) is 20.3. The van der Waals surface area contributed by atoms with Gasteiger partial charge in [0.1, 0.15) is 5.82 Å². The van der Waals surface area contributed by atoms with Crippen LogP contribution in [0.15, 0.2) is 47.4 Å². The van der Waals surface area contributed by atoms with Gasteiger partial charge in [0, 0.05) is 31.1 Å². The summed E-state index contributed by atoms with van der Waals surface area (Å²) in [5.74, 6) is -1.12. The van der Waals surface area contributed by atoms with E-state index in [0.717, 1.165) is 28.8 Å². The van der Waals surface area contributed by atoms with Gasteiger partial charge >= 0.3 is 12.2 Å². The largest absolute Gasteiger partial charge is 0.418 e. The Hall–Kier alpha value is -2.42. The predicted molar refractivity (Wildman–Crippen MR) is 102 cm³/mol. The summed E-state index contributed by atoms with van der Waals surface area (Å²) >= 11 is 1.62. The zero-order valence-electron chi connectivity index (χ0n) is 15.1. The van der Waals surface area contributed by atoms with Gasteiger partial charge in [-0.1, -0.05) is 18.2 Å². The van der Waals surface area contributed by atoms with Crippen molar-refractivity contribution in [2.75, 3.05) is 42.7 Å². The number of carbonyl (C=O) groups excluding carboxylic acids is 1. The number of halogens is 4. The lowest BCUT2D eigenvalue weighted by atomic mass is 10.1. The fourth-order valence-electron chi connectivity index (χ4n) is 3.11. The number of piperazine rings is 1. The van der Waals surface area contributed by atoms with E-state index in [9.17, 15) is 22.4 Å². The van der Waals surface area contributed by atoms with Gasteiger partial charge in [0.25, 0.3) is 0 Å². The van der Waals surface area contributed by atoms with Crippen molar-refractivity contribution in [2.45, 2.75) is 11.1 Å². The van der Waals surface area contributed by atoms with E-state index < -0.39 is 29.3 Å². The van der Waals surface area contributed by atoms with Crippen molar-refractivity contribution in [1.82, 2.24) is 4.90 Å². The van der Waals surface area contributed by atoms with Gasteiger partial charge in [-0.2, -0.15) is 13.2 Å². The zero-order valence-corrected chi connectivity index (χ0v) is 15.9. The minimum absolute atomic E-state index is 0.324. The molecule has 9 heteroatoms. The van der Waals surface area contributed by atoms with Crippen LogP contribution in [-0.2, 0) is 6.18 Å². The van der Waals surface area contributed by atoms with E-state index in [1.807, 2.05) is 30.5 Å². The number of hydrogen-bond donors (Lipinski definition) is 1. The number of thioether (sulfide) groups is 1. The molecule has 1 saturated heterocycles. The number of nitrogens with one attached hydrogen (secondary N) is 1. The van der Waals surface area contributed by atoms with Gasteiger partial charge < -0.3 is 15.1 Å². The van der Waals surface area contributed by atoms with E-state index in [1.165, 1.54) is 4.90 Å². The fraction of sp³-hybridized carbons (Fsp3) is 0.316. The minimum atomic E-state index is -4.76. The maximum atomic E-state index is 13.9. The Kier molecular flexibility index (Phi) is 6.02. The predicted octanol–water partition coefficient (Wildman–Crippen LogP) is 4.92. The normalized spacial score (nSPS) is 14.9. The van der Waals surface area contributed by atoms with Crippen molar-refractivity contribution in [3.8, 4) is 0 Å². The molecule has 0 saturated carbocycles. The maximum absolute atomic E-state index is 13.9. The van der Waals surface area contributed by atoms with E-state index >= 15 is 0 Å². The van der Waals surface area contributed by atoms with E-state index in [2.05, 4.69) is 10.2 Å². The van der Waals surface area contributed by atoms with Gasteiger partial charge in [-0.15, -0.1) is 11.8 Å². The lowest BCUT2D eigenvalue weighted by Gasteiger charge is -2.36. The number of benzene rings is 2. The molecule has 1 N–H and O–H groups in total. The quantitative estimate of drug-likeness (QED) is 0.573. The number of anilines is 2. The molecule has 1 aliphatic rings. The number of hydrogen-bond acceptors (Lipinski definition) is 3. The Morgan fingerprint density at radius 2 is 1.71 bits per heavy atom. The summed E-state index contributed by atoms with van der Waals surface area (Å²) in [5.41, 5.74) is -0.980. The van der Waals surface area contributed by atoms with Gasteiger partial charge in [-0.3, -0.25) is 0 Å². The van der Waals surface area contributed by atoms with Gasteiger partial charge in [-0.25, -0.2) is 9.18 Å². The highest BCUT2D eigenvalue weighted by molar-refractivity contribution is 7.98. The Morgan fingerprint density at radius 1 is 1.04 bits per heavy atom. The Morgan fingerprint density at radius 3 is 2.36 bits per heavy atom. The highest BCUT2D eigenvalue weighted by atomic mass is 32.2. The second kappa shape index (κ2) is 8.30. The SMILES string of the molecule is CSc1ccccc1N1CCN(C(=O)Nc2c(F)cccc2C(F)(F)F)CC1. The van der Waals surface area contributed by atoms with Crippen LogP contribution < -0.4 is 10.2 Å². The number of rotatable bonds is 3. The van der Waals surface area contributed by atoms with Crippen molar-refractivity contribution < 1.29 is 22.4 Å². The average Bonchev–Trinajstić information content (AvgIpc) is 2.68. The standard InChI is InChI=1S/C19H19F4N3OS/c1-28-16-8-3-2-7-15(16)25-9-11-26(12-10-25)18(27)24-17-13(19(21,22)23)5-4-6-14(17)20/h2-8H,9-12H2,1H3,(H,24,27). The van der Waals surface area contributed by atoms with Crippen molar-refractivity contribution in [1.29, 1.82) is 0 Å². The summed E-state index contributed by atoms with van der Waals surface area (Å²) in [5, 5.41) is 2.10. The Balaban J connectivity index is 1.69. The molecule has 0 radical (unpaired) electrons. The molecule has 2 aromatic carbocycles. The number of nitrogens with zero attached hydrogens (tertiary/aromatic N) is 2. The molecule has 4 nitrogen and oxygen atoms in total. The molecule has 2 aromatic rings. The molecular formula is C19H19F4N3OS. The molecule has 1 aliphatic heterocycles. The van der Waals surface area contributed by atoms with Crippen LogP contribution in [0.5, 0.6) is 0 Å². The third kappa shape index (κ3) is 4.35. The summed E-state index contributed by atoms with van der Waals surface area (Å²) in [4.78, 5) is 17.1. The highest BCUT2D eigenvalue weighted by Gasteiger charge is 2.35. The lowest BCUT2D eigenvalue weighted by Crippen LogP contribution is -2.50. The third-order valence-corrected chi connectivity index (χ3v) is 5.33. The number of alkyl halides is 3. The first-order valence-electron chi connectivity index (χ1n) is 8.61. The fourth-order valence-corrected chi connectivity index (χ4v) is 3.74. The smallest absolute Gasteiger partial charge is 0.367 e. The summed E-state index contributed by atoms with van der Waals surface area (Å²) in [6.07, 6.45) is -2.78. The average molecular weight is 413 g/mol. The molecule has 0 unspecified atom stereocenters. The maximum Gasteiger partial charge on any atom is 0.418 e. The molecule has 0 spiro atoms. The van der Waals surface area contributed by atoms with Gasteiger partial charge in [0.2, 0.25) is 0 Å². The molecule has 28 heavy (non-hydrogen) atoms. The Bertz CT molecular complexity index is 851. The van der Waals surface area contributed by atoms with E-state index in [-0.39, 0.29) is 0 Å². The van der Waals surface area contributed by atoms with E-state index in [4.69, 9.17) is 0 Å². The molecule has 1 fully saturated rings. The summed E-state index contributed by atoms with van der Waals surface area (Å²) in [7, 11) is 0. The van der Waals surface area contributed by atoms with Crippen LogP contribution in [0.2, 0.25) is 0 Å². The summed E-state index contributed by atoms with van der Waals surface area (Å²) in [6.45, 7) is 1.72. The van der Waals surface area contributed by atoms with Crippen LogP contribution in [0.4, 0.5) is 33.7 Å². The molecule has 1 heterocycles. The Labute approximate surface area is 164 Å². The van der Waals surface area contributed by atoms with Crippen molar-refractivity contribution in [3.05, 3.63) is 53.8 Å². The lowest BCUT2D eigenvalue weighted by molar-refractivity contribution is -0.137. The first-order valence-corrected chi connectivity index (χ1v) is 9.83. The van der Waals surface area contributed by atoms with Gasteiger partial charge in [0.15, 0.2) is 0 Å². The number of urea groups is 1. The molecule has 0 aromatic heterocycles. The molecule has 150 valence electrons. The summed E-state index contributed by atoms with van der Waals surface area (Å²) < 4.78 is 53.2. The molecule has 0 bridgehead atoms. The topological polar surface area (TPSA) is 35.6 Å². The van der Waals surface area contributed by atoms with E-state index in [1.54, 1.807) is 11.8 Å². The number of amides is 2. The van der Waals surface area contributed by atoms with Crippen LogP contribution in [0, 0.1) is 5.82 Å². The van der Waals surface area contributed by atoms with Crippen molar-refractivity contribution in [2.24, 2.45) is 0 Å². The first-order chi connectivity index (χ1) is 13.3. The van der Waals surface area contributed by atoms with Crippen molar-refractivity contribution >= 4 is 29.2 Å².